The van der Waals surface area contributed by atoms with Gasteiger partial charge in [0.15, 0.2) is 0 Å². The zero-order valence-corrected chi connectivity index (χ0v) is 6.02. The van der Waals surface area contributed by atoms with Crippen molar-refractivity contribution >= 4 is 0 Å². The second-order valence-electron chi connectivity index (χ2n) is 1.72. The van der Waals surface area contributed by atoms with Crippen LogP contribution in [0.1, 0.15) is 6.92 Å². The van der Waals surface area contributed by atoms with Crippen molar-refractivity contribution in [1.82, 2.24) is 5.32 Å². The molecule has 0 bridgehead atoms. The van der Waals surface area contributed by atoms with Gasteiger partial charge in [-0.05, 0) is 13.0 Å². The molecule has 1 nitrogen and oxygen atoms in total. The average Bonchev–Trinajstić information content (AvgIpc) is 1.89. The summed E-state index contributed by atoms with van der Waals surface area (Å²) < 4.78 is 0. The molecule has 0 spiro atoms. The van der Waals surface area contributed by atoms with Gasteiger partial charge < -0.3 is 5.32 Å². The summed E-state index contributed by atoms with van der Waals surface area (Å²) in [4.78, 5) is 0. The van der Waals surface area contributed by atoms with Gasteiger partial charge in [0, 0.05) is 12.7 Å². The highest BCUT2D eigenvalue weighted by Gasteiger charge is 1.73. The Kier molecular flexibility index (Phi) is 4.60. The van der Waals surface area contributed by atoms with Crippen LogP contribution in [-0.4, -0.2) is 7.05 Å². The van der Waals surface area contributed by atoms with Crippen molar-refractivity contribution < 1.29 is 0 Å². The Morgan fingerprint density at radius 3 is 2.56 bits per heavy atom. The monoisotopic (exact) mass is 123 g/mol. The predicted molar refractivity (Wildman–Crippen MR) is 42.2 cm³/mol. The van der Waals surface area contributed by atoms with E-state index in [4.69, 9.17) is 0 Å². The molecule has 0 radical (unpaired) electrons. The molecule has 0 rings (SSSR count). The Hall–Kier alpha value is -0.980. The maximum atomic E-state index is 3.55. The van der Waals surface area contributed by atoms with Gasteiger partial charge in [-0.1, -0.05) is 24.8 Å². The molecule has 0 atom stereocenters. The van der Waals surface area contributed by atoms with Gasteiger partial charge in [-0.25, -0.2) is 0 Å². The van der Waals surface area contributed by atoms with Crippen LogP contribution in [0, 0.1) is 0 Å². The zero-order valence-electron chi connectivity index (χ0n) is 6.02. The molecule has 1 N–H and O–H groups in total. The molecule has 0 aliphatic heterocycles. The van der Waals surface area contributed by atoms with Crippen molar-refractivity contribution in [3.8, 4) is 0 Å². The van der Waals surface area contributed by atoms with Crippen LogP contribution in [0.3, 0.4) is 0 Å². The molecule has 1 heteroatoms. The SMILES string of the molecule is C=C/C=C\C=C(\C)NC. The maximum Gasteiger partial charge on any atom is 0.00724 e. The second-order valence-corrected chi connectivity index (χ2v) is 1.72. The molecule has 0 saturated heterocycles. The smallest absolute Gasteiger partial charge is 0.00724 e. The van der Waals surface area contributed by atoms with E-state index in [0.29, 0.717) is 0 Å². The molecule has 9 heavy (non-hydrogen) atoms. The lowest BCUT2D eigenvalue weighted by atomic mass is 10.4. The highest BCUT2D eigenvalue weighted by Crippen LogP contribution is 1.84. The fourth-order valence-electron chi connectivity index (χ4n) is 0.362. The van der Waals surface area contributed by atoms with Gasteiger partial charge >= 0.3 is 0 Å². The summed E-state index contributed by atoms with van der Waals surface area (Å²) >= 11 is 0. The van der Waals surface area contributed by atoms with E-state index in [1.165, 1.54) is 0 Å². The fraction of sp³-hybridized carbons (Fsp3) is 0.250. The van der Waals surface area contributed by atoms with E-state index in [2.05, 4.69) is 11.9 Å². The Bertz CT molecular complexity index is 132. The summed E-state index contributed by atoms with van der Waals surface area (Å²) in [5.74, 6) is 0. The summed E-state index contributed by atoms with van der Waals surface area (Å²) in [5, 5.41) is 3.00. The fourth-order valence-corrected chi connectivity index (χ4v) is 0.362. The molecule has 0 aromatic carbocycles. The molecular weight excluding hydrogens is 110 g/mol. The van der Waals surface area contributed by atoms with Crippen molar-refractivity contribution in [2.45, 2.75) is 6.92 Å². The minimum Gasteiger partial charge on any atom is -0.392 e. The first-order chi connectivity index (χ1) is 4.31. The van der Waals surface area contributed by atoms with Crippen LogP contribution >= 0.6 is 0 Å². The Morgan fingerprint density at radius 2 is 2.11 bits per heavy atom. The van der Waals surface area contributed by atoms with Crippen LogP contribution in [-0.2, 0) is 0 Å². The molecule has 0 aliphatic rings. The Balaban J connectivity index is 3.67. The van der Waals surface area contributed by atoms with Crippen LogP contribution in [0.15, 0.2) is 36.6 Å². The topological polar surface area (TPSA) is 12.0 Å². The van der Waals surface area contributed by atoms with Crippen molar-refractivity contribution in [2.24, 2.45) is 0 Å². The van der Waals surface area contributed by atoms with Gasteiger partial charge in [0.25, 0.3) is 0 Å². The molecule has 0 aromatic heterocycles. The Labute approximate surface area is 56.8 Å². The average molecular weight is 123 g/mol. The number of rotatable bonds is 3. The van der Waals surface area contributed by atoms with Crippen LogP contribution < -0.4 is 5.32 Å². The molecule has 50 valence electrons. The first-order valence-electron chi connectivity index (χ1n) is 2.95. The molecule has 0 unspecified atom stereocenters. The summed E-state index contributed by atoms with van der Waals surface area (Å²) in [6, 6.07) is 0. The zero-order chi connectivity index (χ0) is 7.11. The van der Waals surface area contributed by atoms with E-state index in [1.54, 1.807) is 6.08 Å². The molecule has 0 heterocycles. The maximum absolute atomic E-state index is 3.55. The van der Waals surface area contributed by atoms with E-state index < -0.39 is 0 Å². The third-order valence-corrected chi connectivity index (χ3v) is 0.988. The van der Waals surface area contributed by atoms with Crippen LogP contribution in [0.4, 0.5) is 0 Å². The molecular formula is C8H13N. The first-order valence-corrected chi connectivity index (χ1v) is 2.95. The van der Waals surface area contributed by atoms with Crippen molar-refractivity contribution in [3.63, 3.8) is 0 Å². The third-order valence-electron chi connectivity index (χ3n) is 0.988. The Morgan fingerprint density at radius 1 is 1.44 bits per heavy atom. The number of nitrogens with one attached hydrogen (secondary N) is 1. The lowest BCUT2D eigenvalue weighted by Crippen LogP contribution is -2.00. The van der Waals surface area contributed by atoms with E-state index in [-0.39, 0.29) is 0 Å². The van der Waals surface area contributed by atoms with Gasteiger partial charge in [-0.2, -0.15) is 0 Å². The van der Waals surface area contributed by atoms with Gasteiger partial charge in [-0.15, -0.1) is 0 Å². The quantitative estimate of drug-likeness (QED) is 0.565. The van der Waals surface area contributed by atoms with Gasteiger partial charge in [0.2, 0.25) is 0 Å². The number of allylic oxidation sites excluding steroid dienone is 5. The minimum atomic E-state index is 1.15. The first kappa shape index (κ1) is 8.02. The predicted octanol–water partition coefficient (Wildman–Crippen LogP) is 1.85. The van der Waals surface area contributed by atoms with E-state index in [1.807, 2.05) is 32.2 Å². The molecule has 0 aromatic rings. The van der Waals surface area contributed by atoms with E-state index in [9.17, 15) is 0 Å². The van der Waals surface area contributed by atoms with E-state index >= 15 is 0 Å². The third kappa shape index (κ3) is 4.88. The molecule has 0 fully saturated rings. The van der Waals surface area contributed by atoms with E-state index in [0.717, 1.165) is 5.70 Å². The second kappa shape index (κ2) is 5.16. The normalized spacial score (nSPS) is 12.0. The summed E-state index contributed by atoms with van der Waals surface area (Å²) in [7, 11) is 1.90. The van der Waals surface area contributed by atoms with Gasteiger partial charge in [0.1, 0.15) is 0 Å². The standard InChI is InChI=1S/C8H13N/c1-4-5-6-7-8(2)9-3/h4-7,9H,1H2,2-3H3/b6-5-,8-7-. The molecule has 0 saturated carbocycles. The summed E-state index contributed by atoms with van der Waals surface area (Å²) in [6.45, 7) is 5.55. The van der Waals surface area contributed by atoms with Crippen molar-refractivity contribution in [1.29, 1.82) is 0 Å². The van der Waals surface area contributed by atoms with Gasteiger partial charge in [0.05, 0.1) is 0 Å². The lowest BCUT2D eigenvalue weighted by molar-refractivity contribution is 0.990. The summed E-state index contributed by atoms with van der Waals surface area (Å²) in [6.07, 6.45) is 7.57. The lowest BCUT2D eigenvalue weighted by Gasteiger charge is -1.92. The summed E-state index contributed by atoms with van der Waals surface area (Å²) in [5.41, 5.74) is 1.15. The molecule has 0 aliphatic carbocycles. The highest BCUT2D eigenvalue weighted by molar-refractivity contribution is 5.12. The number of hydrogen-bond donors (Lipinski definition) is 1. The highest BCUT2D eigenvalue weighted by atomic mass is 14.8. The van der Waals surface area contributed by atoms with Crippen LogP contribution in [0.5, 0.6) is 0 Å². The largest absolute Gasteiger partial charge is 0.392 e. The van der Waals surface area contributed by atoms with Crippen LogP contribution in [0.2, 0.25) is 0 Å². The minimum absolute atomic E-state index is 1.15. The molecule has 0 amide bonds. The van der Waals surface area contributed by atoms with Crippen molar-refractivity contribution in [2.75, 3.05) is 7.05 Å². The van der Waals surface area contributed by atoms with Gasteiger partial charge in [-0.3, -0.25) is 0 Å². The van der Waals surface area contributed by atoms with Crippen molar-refractivity contribution in [3.05, 3.63) is 36.6 Å². The van der Waals surface area contributed by atoms with Crippen LogP contribution in [0.25, 0.3) is 0 Å². The number of hydrogen-bond acceptors (Lipinski definition) is 1.